The first-order valence-electron chi connectivity index (χ1n) is 6.97. The van der Waals surface area contributed by atoms with Crippen LogP contribution in [-0.4, -0.2) is 54.5 Å². The molecule has 5 nitrogen and oxygen atoms in total. The van der Waals surface area contributed by atoms with Crippen LogP contribution in [0.2, 0.25) is 0 Å². The van der Waals surface area contributed by atoms with Gasteiger partial charge in [-0.15, -0.1) is 0 Å². The van der Waals surface area contributed by atoms with Crippen molar-refractivity contribution in [2.24, 2.45) is 0 Å². The summed E-state index contributed by atoms with van der Waals surface area (Å²) in [5.74, 6) is 0. The molecule has 0 bridgehead atoms. The van der Waals surface area contributed by atoms with Gasteiger partial charge in [0, 0.05) is 19.7 Å². The van der Waals surface area contributed by atoms with Crippen LogP contribution in [0.25, 0.3) is 0 Å². The Labute approximate surface area is 109 Å². The van der Waals surface area contributed by atoms with Crippen molar-refractivity contribution < 1.29 is 14.6 Å². The summed E-state index contributed by atoms with van der Waals surface area (Å²) in [7, 11) is 0. The maximum Gasteiger partial charge on any atom is 0.317 e. The molecule has 1 heterocycles. The molecule has 5 heteroatoms. The van der Waals surface area contributed by atoms with Crippen LogP contribution in [0, 0.1) is 0 Å². The smallest absolute Gasteiger partial charge is 0.317 e. The molecule has 1 aliphatic heterocycles. The molecule has 1 rings (SSSR count). The molecule has 0 aliphatic carbocycles. The van der Waals surface area contributed by atoms with E-state index in [0.717, 1.165) is 25.7 Å². The molecular weight excluding hydrogens is 232 g/mol. The maximum absolute atomic E-state index is 12.1. The SMILES string of the molecule is CCCCCN(CCO)C(=O)NC1CCOC1C. The molecule has 2 atom stereocenters. The number of amides is 2. The minimum Gasteiger partial charge on any atom is -0.395 e. The fourth-order valence-electron chi connectivity index (χ4n) is 2.16. The van der Waals surface area contributed by atoms with Crippen molar-refractivity contribution in [3.63, 3.8) is 0 Å². The topological polar surface area (TPSA) is 61.8 Å². The fourth-order valence-corrected chi connectivity index (χ4v) is 2.16. The summed E-state index contributed by atoms with van der Waals surface area (Å²) >= 11 is 0. The second kappa shape index (κ2) is 8.32. The molecule has 0 saturated carbocycles. The van der Waals surface area contributed by atoms with Gasteiger partial charge in [0.2, 0.25) is 0 Å². The average molecular weight is 258 g/mol. The quantitative estimate of drug-likeness (QED) is 0.678. The molecule has 0 aromatic rings. The van der Waals surface area contributed by atoms with Gasteiger partial charge in [-0.2, -0.15) is 0 Å². The van der Waals surface area contributed by atoms with Crippen LogP contribution in [0.4, 0.5) is 4.79 Å². The molecule has 1 saturated heterocycles. The molecule has 18 heavy (non-hydrogen) atoms. The molecule has 0 aromatic heterocycles. The lowest BCUT2D eigenvalue weighted by molar-refractivity contribution is 0.111. The highest BCUT2D eigenvalue weighted by molar-refractivity contribution is 5.74. The minimum absolute atomic E-state index is 0.0102. The van der Waals surface area contributed by atoms with E-state index in [2.05, 4.69) is 12.2 Å². The van der Waals surface area contributed by atoms with E-state index < -0.39 is 0 Å². The number of unbranched alkanes of at least 4 members (excludes halogenated alkanes) is 2. The number of ether oxygens (including phenoxy) is 1. The lowest BCUT2D eigenvalue weighted by Crippen LogP contribution is -2.48. The molecule has 2 amide bonds. The third-order valence-corrected chi connectivity index (χ3v) is 3.37. The first kappa shape index (κ1) is 15.2. The summed E-state index contributed by atoms with van der Waals surface area (Å²) < 4.78 is 5.42. The number of rotatable bonds is 7. The maximum atomic E-state index is 12.1. The van der Waals surface area contributed by atoms with E-state index in [1.54, 1.807) is 4.90 Å². The third-order valence-electron chi connectivity index (χ3n) is 3.37. The van der Waals surface area contributed by atoms with Gasteiger partial charge in [-0.1, -0.05) is 19.8 Å². The van der Waals surface area contributed by atoms with Gasteiger partial charge in [-0.25, -0.2) is 4.79 Å². The van der Waals surface area contributed by atoms with Gasteiger partial charge in [0.1, 0.15) is 0 Å². The Morgan fingerprint density at radius 2 is 2.22 bits per heavy atom. The van der Waals surface area contributed by atoms with Crippen LogP contribution in [0.1, 0.15) is 39.5 Å². The zero-order chi connectivity index (χ0) is 13.4. The monoisotopic (exact) mass is 258 g/mol. The number of nitrogens with zero attached hydrogens (tertiary/aromatic N) is 1. The molecule has 1 fully saturated rings. The molecule has 106 valence electrons. The van der Waals surface area contributed by atoms with E-state index in [9.17, 15) is 4.79 Å². The lowest BCUT2D eigenvalue weighted by Gasteiger charge is -2.25. The van der Waals surface area contributed by atoms with E-state index in [1.165, 1.54) is 0 Å². The highest BCUT2D eigenvalue weighted by atomic mass is 16.5. The van der Waals surface area contributed by atoms with Gasteiger partial charge in [-0.05, 0) is 19.8 Å². The van der Waals surface area contributed by atoms with Crippen molar-refractivity contribution in [2.75, 3.05) is 26.3 Å². The highest BCUT2D eigenvalue weighted by Gasteiger charge is 2.27. The Balaban J connectivity index is 2.37. The van der Waals surface area contributed by atoms with Gasteiger partial charge in [0.15, 0.2) is 0 Å². The number of nitrogens with one attached hydrogen (secondary N) is 1. The summed E-state index contributed by atoms with van der Waals surface area (Å²) in [6.07, 6.45) is 4.18. The summed E-state index contributed by atoms with van der Waals surface area (Å²) in [5, 5.41) is 12.0. The van der Waals surface area contributed by atoms with Gasteiger partial charge in [0.05, 0.1) is 18.8 Å². The van der Waals surface area contributed by atoms with E-state index in [-0.39, 0.29) is 24.8 Å². The van der Waals surface area contributed by atoms with Gasteiger partial charge >= 0.3 is 6.03 Å². The first-order chi connectivity index (χ1) is 8.69. The molecule has 2 N–H and O–H groups in total. The van der Waals surface area contributed by atoms with Crippen molar-refractivity contribution in [2.45, 2.75) is 51.7 Å². The second-order valence-electron chi connectivity index (χ2n) is 4.84. The number of carbonyl (C=O) groups excluding carboxylic acids is 1. The van der Waals surface area contributed by atoms with E-state index in [1.807, 2.05) is 6.92 Å². The predicted octanol–water partition coefficient (Wildman–Crippen LogP) is 1.36. The minimum atomic E-state index is -0.0810. The third kappa shape index (κ3) is 4.82. The normalized spacial score (nSPS) is 23.1. The van der Waals surface area contributed by atoms with Gasteiger partial charge in [-0.3, -0.25) is 0 Å². The fraction of sp³-hybridized carbons (Fsp3) is 0.923. The van der Waals surface area contributed by atoms with Crippen LogP contribution >= 0.6 is 0 Å². The number of urea groups is 1. The lowest BCUT2D eigenvalue weighted by atomic mass is 10.1. The van der Waals surface area contributed by atoms with Crippen molar-refractivity contribution >= 4 is 6.03 Å². The molecule has 1 aliphatic rings. The van der Waals surface area contributed by atoms with Crippen LogP contribution in [-0.2, 0) is 4.74 Å². The molecule has 0 spiro atoms. The summed E-state index contributed by atoms with van der Waals surface area (Å²) in [4.78, 5) is 13.8. The Morgan fingerprint density at radius 3 is 2.78 bits per heavy atom. The zero-order valence-electron chi connectivity index (χ0n) is 11.5. The van der Waals surface area contributed by atoms with Crippen LogP contribution in [0.3, 0.4) is 0 Å². The summed E-state index contributed by atoms with van der Waals surface area (Å²) in [6.45, 7) is 5.94. The summed E-state index contributed by atoms with van der Waals surface area (Å²) in [6, 6.07) is 0.0207. The molecular formula is C13H26N2O3. The number of hydrogen-bond donors (Lipinski definition) is 2. The number of carbonyl (C=O) groups is 1. The van der Waals surface area contributed by atoms with Crippen molar-refractivity contribution in [1.29, 1.82) is 0 Å². The number of aliphatic hydroxyl groups excluding tert-OH is 1. The Kier molecular flexibility index (Phi) is 7.05. The Hall–Kier alpha value is -0.810. The van der Waals surface area contributed by atoms with Crippen molar-refractivity contribution in [1.82, 2.24) is 10.2 Å². The highest BCUT2D eigenvalue weighted by Crippen LogP contribution is 2.13. The average Bonchev–Trinajstić information content (AvgIpc) is 2.74. The largest absolute Gasteiger partial charge is 0.395 e. The molecule has 2 unspecified atom stereocenters. The Morgan fingerprint density at radius 1 is 1.44 bits per heavy atom. The molecule has 0 radical (unpaired) electrons. The zero-order valence-corrected chi connectivity index (χ0v) is 11.5. The van der Waals surface area contributed by atoms with Crippen molar-refractivity contribution in [3.05, 3.63) is 0 Å². The summed E-state index contributed by atoms with van der Waals surface area (Å²) in [5.41, 5.74) is 0. The van der Waals surface area contributed by atoms with Gasteiger partial charge in [0.25, 0.3) is 0 Å². The number of hydrogen-bond acceptors (Lipinski definition) is 3. The van der Waals surface area contributed by atoms with E-state index >= 15 is 0 Å². The second-order valence-corrected chi connectivity index (χ2v) is 4.84. The van der Waals surface area contributed by atoms with Crippen LogP contribution in [0.5, 0.6) is 0 Å². The first-order valence-corrected chi connectivity index (χ1v) is 6.97. The van der Waals surface area contributed by atoms with Crippen molar-refractivity contribution in [3.8, 4) is 0 Å². The van der Waals surface area contributed by atoms with E-state index in [4.69, 9.17) is 9.84 Å². The van der Waals surface area contributed by atoms with Crippen LogP contribution in [0.15, 0.2) is 0 Å². The Bertz CT molecular complexity index is 248. The number of aliphatic hydroxyl groups is 1. The molecule has 0 aromatic carbocycles. The standard InChI is InChI=1S/C13H26N2O3/c1-3-4-5-7-15(8-9-16)13(17)14-12-6-10-18-11(12)2/h11-12,16H,3-10H2,1-2H3,(H,14,17). The van der Waals surface area contributed by atoms with Gasteiger partial charge < -0.3 is 20.1 Å². The predicted molar refractivity (Wildman–Crippen MR) is 70.5 cm³/mol. The van der Waals surface area contributed by atoms with Crippen LogP contribution < -0.4 is 5.32 Å². The van der Waals surface area contributed by atoms with E-state index in [0.29, 0.717) is 19.7 Å².